The van der Waals surface area contributed by atoms with Crippen LogP contribution in [0.5, 0.6) is 5.75 Å². The summed E-state index contributed by atoms with van der Waals surface area (Å²) in [7, 11) is 1.66. The molecule has 0 spiro atoms. The van der Waals surface area contributed by atoms with Gasteiger partial charge in [-0.2, -0.15) is 0 Å². The SMILES string of the molecule is COc1cccc(-c2nnc(SCCCC(=O)N3CCN(C(=O)C45CC6CC(CC(C6)C4)C5)C(C)C3)n2-c2ccccc2)c1. The zero-order valence-corrected chi connectivity index (χ0v) is 26.7. The standard InChI is InChI=1S/C35H43N5O3S/c1-24-23-38(13-14-39(24)33(42)35-20-25-16-26(21-35)18-27(17-25)22-35)31(41)12-7-15-44-34-37-36-32(28-8-6-11-30(19-28)43-2)40(34)29-9-4-3-5-10-29/h3-6,8-11,19,24-27H,7,12-18,20-23H2,1-2H3. The molecule has 2 heterocycles. The zero-order chi connectivity index (χ0) is 30.3. The Morgan fingerprint density at radius 1 is 0.955 bits per heavy atom. The van der Waals surface area contributed by atoms with Gasteiger partial charge in [0.2, 0.25) is 11.8 Å². The van der Waals surface area contributed by atoms with Gasteiger partial charge in [-0.25, -0.2) is 0 Å². The molecular weight excluding hydrogens is 570 g/mol. The normalized spacial score (nSPS) is 27.5. The minimum absolute atomic E-state index is 0.0713. The summed E-state index contributed by atoms with van der Waals surface area (Å²) in [5.74, 6) is 5.14. The van der Waals surface area contributed by atoms with Crippen LogP contribution in [-0.4, -0.2) is 74.9 Å². The highest BCUT2D eigenvalue weighted by Crippen LogP contribution is 2.60. The minimum atomic E-state index is -0.112. The van der Waals surface area contributed by atoms with Crippen molar-refractivity contribution in [2.75, 3.05) is 32.5 Å². The fourth-order valence-corrected chi connectivity index (χ4v) is 9.72. The van der Waals surface area contributed by atoms with Gasteiger partial charge in [-0.15, -0.1) is 10.2 Å². The van der Waals surface area contributed by atoms with Gasteiger partial charge < -0.3 is 14.5 Å². The Hall–Kier alpha value is -3.33. The molecule has 5 aliphatic rings. The van der Waals surface area contributed by atoms with Crippen LogP contribution in [0.15, 0.2) is 59.8 Å². The van der Waals surface area contributed by atoms with Gasteiger partial charge >= 0.3 is 0 Å². The molecular formula is C35H43N5O3S. The number of ether oxygens (including phenoxy) is 1. The van der Waals surface area contributed by atoms with E-state index in [2.05, 4.69) is 38.7 Å². The van der Waals surface area contributed by atoms with E-state index < -0.39 is 0 Å². The van der Waals surface area contributed by atoms with E-state index in [1.807, 2.05) is 47.4 Å². The Morgan fingerprint density at radius 3 is 2.36 bits per heavy atom. The number of carbonyl (C=O) groups is 2. The number of piperazine rings is 1. The monoisotopic (exact) mass is 613 g/mol. The molecule has 8 nitrogen and oxygen atoms in total. The topological polar surface area (TPSA) is 80.6 Å². The number of carbonyl (C=O) groups excluding carboxylic acids is 2. The third kappa shape index (κ3) is 5.64. The van der Waals surface area contributed by atoms with Crippen LogP contribution in [0.2, 0.25) is 0 Å². The maximum Gasteiger partial charge on any atom is 0.229 e. The minimum Gasteiger partial charge on any atom is -0.497 e. The Labute approximate surface area is 264 Å². The third-order valence-electron chi connectivity index (χ3n) is 10.5. The molecule has 3 aromatic rings. The number of rotatable bonds is 9. The molecule has 4 bridgehead atoms. The van der Waals surface area contributed by atoms with E-state index in [-0.39, 0.29) is 17.4 Å². The van der Waals surface area contributed by atoms with E-state index in [0.29, 0.717) is 32.0 Å². The van der Waals surface area contributed by atoms with Crippen molar-refractivity contribution in [2.24, 2.45) is 23.2 Å². The fraction of sp³-hybridized carbons (Fsp3) is 0.543. The summed E-state index contributed by atoms with van der Waals surface area (Å²) in [6.07, 6.45) is 8.57. The lowest BCUT2D eigenvalue weighted by molar-refractivity contribution is -0.163. The molecule has 0 radical (unpaired) electrons. The molecule has 1 aromatic heterocycles. The first-order chi connectivity index (χ1) is 21.4. The summed E-state index contributed by atoms with van der Waals surface area (Å²) in [6.45, 7) is 4.07. The summed E-state index contributed by atoms with van der Waals surface area (Å²) < 4.78 is 7.51. The van der Waals surface area contributed by atoms with Gasteiger partial charge in [0.1, 0.15) is 5.75 Å². The highest BCUT2D eigenvalue weighted by molar-refractivity contribution is 7.99. The maximum atomic E-state index is 13.9. The first-order valence-corrected chi connectivity index (χ1v) is 17.3. The summed E-state index contributed by atoms with van der Waals surface area (Å²) in [5, 5.41) is 9.88. The molecule has 9 heteroatoms. The van der Waals surface area contributed by atoms with Gasteiger partial charge in [0.25, 0.3) is 0 Å². The molecule has 2 aromatic carbocycles. The molecule has 4 aliphatic carbocycles. The van der Waals surface area contributed by atoms with Crippen LogP contribution in [0.4, 0.5) is 0 Å². The molecule has 1 atom stereocenters. The molecule has 8 rings (SSSR count). The van der Waals surface area contributed by atoms with Crippen LogP contribution in [0.3, 0.4) is 0 Å². The number of para-hydroxylation sites is 1. The zero-order valence-electron chi connectivity index (χ0n) is 25.9. The molecule has 5 fully saturated rings. The second-order valence-electron chi connectivity index (χ2n) is 13.5. The van der Waals surface area contributed by atoms with Crippen LogP contribution < -0.4 is 4.74 Å². The largest absolute Gasteiger partial charge is 0.497 e. The predicted octanol–water partition coefficient (Wildman–Crippen LogP) is 6.09. The van der Waals surface area contributed by atoms with Crippen molar-refractivity contribution in [1.82, 2.24) is 24.6 Å². The van der Waals surface area contributed by atoms with Gasteiger partial charge in [-0.3, -0.25) is 14.2 Å². The Kier molecular flexibility index (Phi) is 8.16. The Bertz CT molecular complexity index is 1470. The van der Waals surface area contributed by atoms with Gasteiger partial charge in [0, 0.05) is 49.1 Å². The van der Waals surface area contributed by atoms with Crippen molar-refractivity contribution < 1.29 is 14.3 Å². The van der Waals surface area contributed by atoms with E-state index in [9.17, 15) is 9.59 Å². The smallest absolute Gasteiger partial charge is 0.229 e. The molecule has 2 amide bonds. The van der Waals surface area contributed by atoms with Crippen molar-refractivity contribution in [3.8, 4) is 22.8 Å². The number of nitrogens with zero attached hydrogens (tertiary/aromatic N) is 5. The summed E-state index contributed by atoms with van der Waals surface area (Å²) >= 11 is 1.62. The fourth-order valence-electron chi connectivity index (χ4n) is 8.83. The summed E-state index contributed by atoms with van der Waals surface area (Å²) in [5.41, 5.74) is 1.81. The molecule has 0 N–H and O–H groups in total. The molecule has 44 heavy (non-hydrogen) atoms. The number of thioether (sulfide) groups is 1. The molecule has 232 valence electrons. The third-order valence-corrected chi connectivity index (χ3v) is 11.5. The molecule has 1 saturated heterocycles. The first-order valence-electron chi connectivity index (χ1n) is 16.3. The van der Waals surface area contributed by atoms with Gasteiger partial charge in [-0.05, 0) is 93.9 Å². The lowest BCUT2D eigenvalue weighted by Crippen LogP contribution is -2.61. The number of hydrogen-bond acceptors (Lipinski definition) is 6. The van der Waals surface area contributed by atoms with Crippen molar-refractivity contribution in [3.63, 3.8) is 0 Å². The van der Waals surface area contributed by atoms with Gasteiger partial charge in [-0.1, -0.05) is 42.1 Å². The number of amides is 2. The van der Waals surface area contributed by atoms with Crippen LogP contribution in [-0.2, 0) is 9.59 Å². The molecule has 1 aliphatic heterocycles. The quantitative estimate of drug-likeness (QED) is 0.215. The lowest BCUT2D eigenvalue weighted by atomic mass is 9.49. The van der Waals surface area contributed by atoms with E-state index in [0.717, 1.165) is 77.2 Å². The van der Waals surface area contributed by atoms with Crippen molar-refractivity contribution in [1.29, 1.82) is 0 Å². The number of aromatic nitrogens is 3. The van der Waals surface area contributed by atoms with Crippen LogP contribution in [0.1, 0.15) is 58.3 Å². The molecule has 1 unspecified atom stereocenters. The average Bonchev–Trinajstić information content (AvgIpc) is 3.46. The second-order valence-corrected chi connectivity index (χ2v) is 14.6. The average molecular weight is 614 g/mol. The van der Waals surface area contributed by atoms with Crippen molar-refractivity contribution in [2.45, 2.75) is 69.5 Å². The van der Waals surface area contributed by atoms with E-state index in [1.54, 1.807) is 18.9 Å². The number of benzene rings is 2. The number of hydrogen-bond donors (Lipinski definition) is 0. The van der Waals surface area contributed by atoms with Crippen LogP contribution in [0, 0.1) is 23.2 Å². The number of methoxy groups -OCH3 is 1. The Balaban J connectivity index is 0.946. The van der Waals surface area contributed by atoms with Gasteiger partial charge in [0.05, 0.1) is 12.5 Å². The molecule has 4 saturated carbocycles. The predicted molar refractivity (Wildman–Crippen MR) is 172 cm³/mol. The first kappa shape index (κ1) is 29.4. The van der Waals surface area contributed by atoms with Crippen LogP contribution in [0.25, 0.3) is 17.1 Å². The summed E-state index contributed by atoms with van der Waals surface area (Å²) in [4.78, 5) is 31.3. The van der Waals surface area contributed by atoms with E-state index in [1.165, 1.54) is 19.3 Å². The van der Waals surface area contributed by atoms with Crippen molar-refractivity contribution in [3.05, 3.63) is 54.6 Å². The highest BCUT2D eigenvalue weighted by atomic mass is 32.2. The second kappa shape index (κ2) is 12.2. The van der Waals surface area contributed by atoms with Crippen LogP contribution >= 0.6 is 11.8 Å². The van der Waals surface area contributed by atoms with E-state index in [4.69, 9.17) is 4.74 Å². The van der Waals surface area contributed by atoms with E-state index >= 15 is 0 Å². The Morgan fingerprint density at radius 2 is 1.68 bits per heavy atom. The van der Waals surface area contributed by atoms with Gasteiger partial charge in [0.15, 0.2) is 11.0 Å². The van der Waals surface area contributed by atoms with Crippen molar-refractivity contribution >= 4 is 23.6 Å². The highest BCUT2D eigenvalue weighted by Gasteiger charge is 2.56. The summed E-state index contributed by atoms with van der Waals surface area (Å²) in [6, 6.07) is 18.0. The maximum absolute atomic E-state index is 13.9. The lowest BCUT2D eigenvalue weighted by Gasteiger charge is -2.57.